The highest BCUT2D eigenvalue weighted by Gasteiger charge is 2.50. The quantitative estimate of drug-likeness (QED) is 0.477. The Balaban J connectivity index is 1.49. The van der Waals surface area contributed by atoms with Crippen molar-refractivity contribution in [1.82, 2.24) is 9.80 Å². The molecule has 0 aliphatic carbocycles. The van der Waals surface area contributed by atoms with Crippen molar-refractivity contribution in [2.75, 3.05) is 42.6 Å². The summed E-state index contributed by atoms with van der Waals surface area (Å²) in [7, 11) is 0. The topological polar surface area (TPSA) is 100 Å². The molecule has 2 aromatic carbocycles. The van der Waals surface area contributed by atoms with E-state index in [1.54, 1.807) is 18.2 Å². The third-order valence-electron chi connectivity index (χ3n) is 7.30. The van der Waals surface area contributed by atoms with Crippen LogP contribution >= 0.6 is 23.8 Å². The average molecular weight is 570 g/mol. The smallest absolute Gasteiger partial charge is 0.407 e. The Kier molecular flexibility index (Phi) is 8.35. The number of anilines is 2. The minimum Gasteiger partial charge on any atom is -0.492 e. The van der Waals surface area contributed by atoms with Crippen LogP contribution in [0.1, 0.15) is 38.8 Å². The average Bonchev–Trinajstić information content (AvgIpc) is 3.07. The second kappa shape index (κ2) is 11.4. The molecule has 1 N–H and O–H groups in total. The molecule has 0 radical (unpaired) electrons. The summed E-state index contributed by atoms with van der Waals surface area (Å²) < 4.78 is 6.14. The molecule has 39 heavy (non-hydrogen) atoms. The summed E-state index contributed by atoms with van der Waals surface area (Å²) in [5, 5.41) is 19.1. The van der Waals surface area contributed by atoms with Crippen LogP contribution in [0.3, 0.4) is 0 Å². The maximum atomic E-state index is 13.5. The van der Waals surface area contributed by atoms with E-state index in [0.717, 1.165) is 23.4 Å². The number of piperazine rings is 1. The van der Waals surface area contributed by atoms with Gasteiger partial charge in [-0.3, -0.25) is 14.6 Å². The van der Waals surface area contributed by atoms with Gasteiger partial charge in [0.05, 0.1) is 16.3 Å². The molecule has 0 aromatic heterocycles. The summed E-state index contributed by atoms with van der Waals surface area (Å²) in [6.45, 7) is 10.6. The summed E-state index contributed by atoms with van der Waals surface area (Å²) in [6.07, 6.45) is -0.154. The second-order valence-corrected chi connectivity index (χ2v) is 11.0. The van der Waals surface area contributed by atoms with Gasteiger partial charge in [-0.15, -0.1) is 0 Å². The molecule has 4 rings (SSSR count). The van der Waals surface area contributed by atoms with E-state index in [0.29, 0.717) is 49.1 Å². The van der Waals surface area contributed by atoms with Crippen LogP contribution in [0.2, 0.25) is 5.02 Å². The first kappa shape index (κ1) is 28.6. The van der Waals surface area contributed by atoms with Gasteiger partial charge in [0.25, 0.3) is 5.91 Å². The Bertz CT molecular complexity index is 1340. The van der Waals surface area contributed by atoms with Crippen LogP contribution in [0, 0.1) is 11.3 Å². The van der Waals surface area contributed by atoms with E-state index in [4.69, 9.17) is 28.6 Å². The van der Waals surface area contributed by atoms with Crippen molar-refractivity contribution in [3.05, 3.63) is 52.5 Å². The fourth-order valence-electron chi connectivity index (χ4n) is 5.12. The van der Waals surface area contributed by atoms with Gasteiger partial charge < -0.3 is 19.6 Å². The summed E-state index contributed by atoms with van der Waals surface area (Å²) >= 11 is 12.0. The SMILES string of the molecule is CCc1cc(N2C(=S)N(c3ccc(C#N)c(Cl)c3)C(=O)C2(C)C)ccc1OCCN1CCN(C(=O)O)C(C)C1. The van der Waals surface area contributed by atoms with E-state index < -0.39 is 11.6 Å². The maximum Gasteiger partial charge on any atom is 0.407 e. The minimum absolute atomic E-state index is 0.0584. The Hall–Kier alpha value is -3.39. The summed E-state index contributed by atoms with van der Waals surface area (Å²) in [5.41, 5.74) is 1.67. The van der Waals surface area contributed by atoms with Gasteiger partial charge in [-0.1, -0.05) is 18.5 Å². The number of carbonyl (C=O) groups is 2. The lowest BCUT2D eigenvalue weighted by atomic mass is 10.0. The molecule has 206 valence electrons. The lowest BCUT2D eigenvalue weighted by Gasteiger charge is -2.38. The van der Waals surface area contributed by atoms with Gasteiger partial charge in [-0.05, 0) is 81.4 Å². The Morgan fingerprint density at radius 2 is 1.95 bits per heavy atom. The predicted molar refractivity (Wildman–Crippen MR) is 155 cm³/mol. The Morgan fingerprint density at radius 3 is 2.56 bits per heavy atom. The molecule has 2 aliphatic heterocycles. The first-order valence-electron chi connectivity index (χ1n) is 12.9. The zero-order chi connectivity index (χ0) is 28.5. The number of carboxylic acid groups (broad SMARTS) is 1. The van der Waals surface area contributed by atoms with Gasteiger partial charge >= 0.3 is 6.09 Å². The lowest BCUT2D eigenvalue weighted by molar-refractivity contribution is -0.120. The van der Waals surface area contributed by atoms with Gasteiger partial charge in [0, 0.05) is 37.9 Å². The number of hydrogen-bond acceptors (Lipinski definition) is 6. The largest absolute Gasteiger partial charge is 0.492 e. The standard InChI is InChI=1S/C28H32ClN5O4S/c1-5-19-14-22(8-9-24(19)38-13-12-31-10-11-32(27(36)37)18(2)17-31)34-26(39)33(25(35)28(34,3)4)21-7-6-20(16-30)23(29)15-21/h6-9,14-15,18H,5,10-13,17H2,1-4H3,(H,36,37). The van der Waals surface area contributed by atoms with Crippen molar-refractivity contribution in [3.63, 3.8) is 0 Å². The van der Waals surface area contributed by atoms with E-state index in [9.17, 15) is 20.0 Å². The molecular formula is C28H32ClN5O4S. The van der Waals surface area contributed by atoms with Crippen LogP contribution in [0.4, 0.5) is 16.2 Å². The molecule has 2 saturated heterocycles. The summed E-state index contributed by atoms with van der Waals surface area (Å²) in [6, 6.07) is 12.6. The van der Waals surface area contributed by atoms with Gasteiger partial charge in [0.1, 0.15) is 24.0 Å². The molecule has 9 nitrogen and oxygen atoms in total. The number of carbonyl (C=O) groups excluding carboxylic acids is 1. The molecule has 11 heteroatoms. The van der Waals surface area contributed by atoms with Crippen LogP contribution in [0.5, 0.6) is 5.75 Å². The number of benzene rings is 2. The number of hydrogen-bond donors (Lipinski definition) is 1. The molecule has 1 unspecified atom stereocenters. The monoisotopic (exact) mass is 569 g/mol. The number of nitriles is 1. The third kappa shape index (κ3) is 5.53. The number of ether oxygens (including phenoxy) is 1. The predicted octanol–water partition coefficient (Wildman–Crippen LogP) is 4.75. The molecule has 2 aromatic rings. The molecule has 2 heterocycles. The second-order valence-electron chi connectivity index (χ2n) is 10.2. The van der Waals surface area contributed by atoms with E-state index >= 15 is 0 Å². The van der Waals surface area contributed by atoms with Crippen molar-refractivity contribution in [3.8, 4) is 11.8 Å². The lowest BCUT2D eigenvalue weighted by Crippen LogP contribution is -2.54. The zero-order valence-electron chi connectivity index (χ0n) is 22.5. The number of aryl methyl sites for hydroxylation is 1. The van der Waals surface area contributed by atoms with Crippen LogP contribution < -0.4 is 14.5 Å². The number of amides is 2. The van der Waals surface area contributed by atoms with E-state index in [1.807, 2.05) is 56.9 Å². The molecule has 2 fully saturated rings. The first-order valence-corrected chi connectivity index (χ1v) is 13.6. The number of nitrogens with zero attached hydrogens (tertiary/aromatic N) is 5. The van der Waals surface area contributed by atoms with E-state index in [1.165, 1.54) is 9.80 Å². The summed E-state index contributed by atoms with van der Waals surface area (Å²) in [5.74, 6) is 0.576. The first-order chi connectivity index (χ1) is 18.5. The molecule has 1 atom stereocenters. The van der Waals surface area contributed by atoms with Gasteiger partial charge in [-0.25, -0.2) is 4.79 Å². The molecular weight excluding hydrogens is 538 g/mol. The van der Waals surface area contributed by atoms with E-state index in [-0.39, 0.29) is 17.0 Å². The highest BCUT2D eigenvalue weighted by molar-refractivity contribution is 7.81. The van der Waals surface area contributed by atoms with Crippen LogP contribution in [0.15, 0.2) is 36.4 Å². The van der Waals surface area contributed by atoms with Crippen LogP contribution in [-0.4, -0.2) is 76.4 Å². The van der Waals surface area contributed by atoms with Crippen molar-refractivity contribution >= 4 is 52.3 Å². The summed E-state index contributed by atoms with van der Waals surface area (Å²) in [4.78, 5) is 31.8. The Labute approximate surface area is 239 Å². The normalized spacial score (nSPS) is 19.4. The van der Waals surface area contributed by atoms with Crippen molar-refractivity contribution in [1.29, 1.82) is 5.26 Å². The van der Waals surface area contributed by atoms with Crippen LogP contribution in [-0.2, 0) is 11.2 Å². The highest BCUT2D eigenvalue weighted by Crippen LogP contribution is 2.39. The van der Waals surface area contributed by atoms with Crippen molar-refractivity contribution in [2.45, 2.75) is 45.7 Å². The molecule has 0 spiro atoms. The number of rotatable bonds is 7. The fourth-order valence-corrected chi connectivity index (χ4v) is 5.86. The highest BCUT2D eigenvalue weighted by atomic mass is 35.5. The zero-order valence-corrected chi connectivity index (χ0v) is 24.1. The maximum absolute atomic E-state index is 13.5. The van der Waals surface area contributed by atoms with E-state index in [2.05, 4.69) is 4.90 Å². The van der Waals surface area contributed by atoms with Crippen molar-refractivity contribution in [2.24, 2.45) is 0 Å². The Morgan fingerprint density at radius 1 is 1.23 bits per heavy atom. The molecule has 0 bridgehead atoms. The molecule has 2 aliphatic rings. The van der Waals surface area contributed by atoms with Crippen LogP contribution in [0.25, 0.3) is 0 Å². The van der Waals surface area contributed by atoms with Gasteiger partial charge in [0.15, 0.2) is 5.11 Å². The molecule has 0 saturated carbocycles. The van der Waals surface area contributed by atoms with Gasteiger partial charge in [0.2, 0.25) is 0 Å². The minimum atomic E-state index is -0.945. The number of thiocarbonyl (C=S) groups is 1. The molecule has 2 amide bonds. The van der Waals surface area contributed by atoms with Gasteiger partial charge in [-0.2, -0.15) is 5.26 Å². The third-order valence-corrected chi connectivity index (χ3v) is 7.98. The fraction of sp³-hybridized carbons (Fsp3) is 0.429. The van der Waals surface area contributed by atoms with Crippen molar-refractivity contribution < 1.29 is 19.4 Å². The number of halogens is 1.